The first-order chi connectivity index (χ1) is 11.0. The SMILES string of the molecule is Cn1ncc2c1CCCC2NC(=O)NCC(C)(O)c1ccco1. The number of rotatable bonds is 4. The second-order valence-electron chi connectivity index (χ2n) is 6.19. The summed E-state index contributed by atoms with van der Waals surface area (Å²) in [6.45, 7) is 1.67. The van der Waals surface area contributed by atoms with E-state index in [0.29, 0.717) is 5.76 Å². The van der Waals surface area contributed by atoms with E-state index < -0.39 is 5.60 Å². The second-order valence-corrected chi connectivity index (χ2v) is 6.19. The van der Waals surface area contributed by atoms with Gasteiger partial charge < -0.3 is 20.2 Å². The number of urea groups is 1. The first-order valence-electron chi connectivity index (χ1n) is 7.79. The molecule has 3 rings (SSSR count). The van der Waals surface area contributed by atoms with E-state index in [4.69, 9.17) is 4.42 Å². The van der Waals surface area contributed by atoms with E-state index in [-0.39, 0.29) is 18.6 Å². The van der Waals surface area contributed by atoms with E-state index >= 15 is 0 Å². The average molecular weight is 318 g/mol. The molecule has 0 bridgehead atoms. The highest BCUT2D eigenvalue weighted by Crippen LogP contribution is 2.29. The van der Waals surface area contributed by atoms with Crippen LogP contribution in [0.4, 0.5) is 4.79 Å². The number of aromatic nitrogens is 2. The van der Waals surface area contributed by atoms with Crippen LogP contribution in [0.2, 0.25) is 0 Å². The van der Waals surface area contributed by atoms with Crippen LogP contribution in [0, 0.1) is 0 Å². The summed E-state index contributed by atoms with van der Waals surface area (Å²) in [5.74, 6) is 0.421. The maximum absolute atomic E-state index is 12.2. The fraction of sp³-hybridized carbons (Fsp3) is 0.500. The standard InChI is InChI=1S/C16H22N4O3/c1-16(22,14-7-4-8-23-14)10-17-15(21)19-12-5-3-6-13-11(12)9-18-20(13)2/h4,7-9,12,22H,3,5-6,10H2,1-2H3,(H2,17,19,21). The maximum Gasteiger partial charge on any atom is 0.315 e. The summed E-state index contributed by atoms with van der Waals surface area (Å²) in [6, 6.07) is 3.04. The molecule has 0 spiro atoms. The highest BCUT2D eigenvalue weighted by atomic mass is 16.4. The van der Waals surface area contributed by atoms with Crippen LogP contribution in [-0.4, -0.2) is 27.5 Å². The van der Waals surface area contributed by atoms with Gasteiger partial charge in [0.25, 0.3) is 0 Å². The number of carbonyl (C=O) groups excluding carboxylic acids is 1. The predicted octanol–water partition coefficient (Wildman–Crippen LogP) is 1.60. The number of fused-ring (bicyclic) bond motifs is 1. The lowest BCUT2D eigenvalue weighted by molar-refractivity contribution is 0.0366. The lowest BCUT2D eigenvalue weighted by Gasteiger charge is -2.25. The summed E-state index contributed by atoms with van der Waals surface area (Å²) in [7, 11) is 1.92. The minimum atomic E-state index is -1.24. The van der Waals surface area contributed by atoms with Crippen LogP contribution in [0.5, 0.6) is 0 Å². The van der Waals surface area contributed by atoms with Crippen molar-refractivity contribution in [3.05, 3.63) is 41.6 Å². The van der Waals surface area contributed by atoms with Crippen LogP contribution in [0.15, 0.2) is 29.0 Å². The molecule has 2 aromatic rings. The Morgan fingerprint density at radius 2 is 2.43 bits per heavy atom. The molecule has 0 saturated heterocycles. The summed E-state index contributed by atoms with van der Waals surface area (Å²) in [4.78, 5) is 12.2. The Labute approximate surface area is 134 Å². The van der Waals surface area contributed by atoms with Crippen LogP contribution in [0.1, 0.15) is 42.8 Å². The number of hydrogen-bond acceptors (Lipinski definition) is 4. The molecule has 124 valence electrons. The number of furan rings is 1. The highest BCUT2D eigenvalue weighted by molar-refractivity contribution is 5.74. The molecule has 1 aliphatic carbocycles. The minimum absolute atomic E-state index is 0.0407. The van der Waals surface area contributed by atoms with Crippen molar-refractivity contribution in [3.8, 4) is 0 Å². The van der Waals surface area contributed by atoms with Crippen molar-refractivity contribution in [2.75, 3.05) is 6.54 Å². The van der Waals surface area contributed by atoms with Gasteiger partial charge in [0.05, 0.1) is 25.0 Å². The molecule has 7 nitrogen and oxygen atoms in total. The molecule has 2 amide bonds. The van der Waals surface area contributed by atoms with Crippen molar-refractivity contribution < 1.29 is 14.3 Å². The molecule has 0 radical (unpaired) electrons. The first-order valence-corrected chi connectivity index (χ1v) is 7.79. The van der Waals surface area contributed by atoms with Gasteiger partial charge in [0, 0.05) is 18.3 Å². The van der Waals surface area contributed by atoms with Crippen molar-refractivity contribution in [1.29, 1.82) is 0 Å². The molecule has 7 heteroatoms. The lowest BCUT2D eigenvalue weighted by atomic mass is 9.93. The van der Waals surface area contributed by atoms with Crippen molar-refractivity contribution in [2.45, 2.75) is 37.8 Å². The molecule has 2 unspecified atom stereocenters. The molecule has 1 aliphatic rings. The van der Waals surface area contributed by atoms with E-state index in [2.05, 4.69) is 15.7 Å². The van der Waals surface area contributed by atoms with Crippen molar-refractivity contribution >= 4 is 6.03 Å². The van der Waals surface area contributed by atoms with Gasteiger partial charge in [0.15, 0.2) is 0 Å². The third kappa shape index (κ3) is 3.24. The molecule has 0 aromatic carbocycles. The molecule has 3 N–H and O–H groups in total. The molecule has 2 aromatic heterocycles. The Balaban J connectivity index is 1.58. The van der Waals surface area contributed by atoms with E-state index in [1.165, 1.54) is 12.0 Å². The zero-order valence-corrected chi connectivity index (χ0v) is 13.4. The minimum Gasteiger partial charge on any atom is -0.466 e. The topological polar surface area (TPSA) is 92.3 Å². The van der Waals surface area contributed by atoms with Gasteiger partial charge >= 0.3 is 6.03 Å². The molecule has 0 saturated carbocycles. The Morgan fingerprint density at radius 1 is 1.61 bits per heavy atom. The van der Waals surface area contributed by atoms with E-state index in [1.807, 2.05) is 17.9 Å². The van der Waals surface area contributed by atoms with Gasteiger partial charge in [-0.3, -0.25) is 4.68 Å². The second kappa shape index (κ2) is 6.08. The highest BCUT2D eigenvalue weighted by Gasteiger charge is 2.28. The Morgan fingerprint density at radius 3 is 3.17 bits per heavy atom. The van der Waals surface area contributed by atoms with Crippen LogP contribution in [0.3, 0.4) is 0 Å². The Hall–Kier alpha value is -2.28. The number of aliphatic hydroxyl groups is 1. The third-order valence-electron chi connectivity index (χ3n) is 4.33. The number of hydrogen-bond donors (Lipinski definition) is 3. The molecular formula is C16H22N4O3. The number of aryl methyl sites for hydroxylation is 1. The van der Waals surface area contributed by atoms with Crippen molar-refractivity contribution in [3.63, 3.8) is 0 Å². The average Bonchev–Trinajstić information content (AvgIpc) is 3.17. The Kier molecular flexibility index (Phi) is 4.12. The maximum atomic E-state index is 12.2. The smallest absolute Gasteiger partial charge is 0.315 e. The van der Waals surface area contributed by atoms with Gasteiger partial charge in [-0.15, -0.1) is 0 Å². The van der Waals surface area contributed by atoms with E-state index in [1.54, 1.807) is 19.1 Å². The molecule has 0 fully saturated rings. The molecular weight excluding hydrogens is 296 g/mol. The lowest BCUT2D eigenvalue weighted by Crippen LogP contribution is -2.44. The number of carbonyl (C=O) groups is 1. The molecule has 0 aliphatic heterocycles. The monoisotopic (exact) mass is 318 g/mol. The molecule has 2 heterocycles. The zero-order valence-electron chi connectivity index (χ0n) is 13.4. The van der Waals surface area contributed by atoms with Crippen LogP contribution < -0.4 is 10.6 Å². The van der Waals surface area contributed by atoms with Gasteiger partial charge in [0.2, 0.25) is 0 Å². The summed E-state index contributed by atoms with van der Waals surface area (Å²) < 4.78 is 7.06. The van der Waals surface area contributed by atoms with Crippen molar-refractivity contribution in [2.24, 2.45) is 7.05 Å². The largest absolute Gasteiger partial charge is 0.466 e. The fourth-order valence-electron chi connectivity index (χ4n) is 2.99. The number of nitrogens with zero attached hydrogens (tertiary/aromatic N) is 2. The van der Waals surface area contributed by atoms with Gasteiger partial charge in [0.1, 0.15) is 11.4 Å². The van der Waals surface area contributed by atoms with Gasteiger partial charge in [-0.05, 0) is 38.3 Å². The molecule has 2 atom stereocenters. The van der Waals surface area contributed by atoms with Crippen molar-refractivity contribution in [1.82, 2.24) is 20.4 Å². The Bertz CT molecular complexity index is 676. The fourth-order valence-corrected chi connectivity index (χ4v) is 2.99. The van der Waals surface area contributed by atoms with Gasteiger partial charge in [-0.1, -0.05) is 0 Å². The van der Waals surface area contributed by atoms with Crippen LogP contribution in [-0.2, 0) is 19.1 Å². The number of amides is 2. The normalized spacial score (nSPS) is 19.7. The van der Waals surface area contributed by atoms with E-state index in [0.717, 1.165) is 24.8 Å². The zero-order chi connectivity index (χ0) is 16.4. The van der Waals surface area contributed by atoms with Gasteiger partial charge in [-0.25, -0.2) is 4.79 Å². The van der Waals surface area contributed by atoms with Crippen LogP contribution >= 0.6 is 0 Å². The summed E-state index contributed by atoms with van der Waals surface area (Å²) in [5.41, 5.74) is 1.00. The number of nitrogens with one attached hydrogen (secondary N) is 2. The third-order valence-corrected chi connectivity index (χ3v) is 4.33. The molecule has 23 heavy (non-hydrogen) atoms. The predicted molar refractivity (Wildman–Crippen MR) is 83.7 cm³/mol. The summed E-state index contributed by atoms with van der Waals surface area (Å²) in [6.07, 6.45) is 6.20. The summed E-state index contributed by atoms with van der Waals surface area (Å²) in [5, 5.41) is 20.3. The van der Waals surface area contributed by atoms with E-state index in [9.17, 15) is 9.90 Å². The summed E-state index contributed by atoms with van der Waals surface area (Å²) >= 11 is 0. The first kappa shape index (κ1) is 15.6. The van der Waals surface area contributed by atoms with Crippen LogP contribution in [0.25, 0.3) is 0 Å². The quantitative estimate of drug-likeness (QED) is 0.798. The van der Waals surface area contributed by atoms with Gasteiger partial charge in [-0.2, -0.15) is 5.10 Å².